The molecule has 1 N–H and O–H groups in total. The molecule has 3 aromatic rings. The molecule has 0 unspecified atom stereocenters. The number of aromatic nitrogens is 1. The van der Waals surface area contributed by atoms with E-state index in [9.17, 15) is 0 Å². The monoisotopic (exact) mass is 302 g/mol. The summed E-state index contributed by atoms with van der Waals surface area (Å²) in [6, 6.07) is 18.8. The third-order valence-electron chi connectivity index (χ3n) is 3.06. The standard InChI is InChI=1S/C17H10N4S/c18-9-12-4-6-14(7-5-12)16-11-22-17(21-16)20-15-3-1-2-13(8-15)10-19/h1-8,11H,(H,20,21). The van der Waals surface area contributed by atoms with Crippen molar-refractivity contribution in [3.8, 4) is 23.4 Å². The second kappa shape index (κ2) is 6.09. The highest BCUT2D eigenvalue weighted by molar-refractivity contribution is 7.14. The summed E-state index contributed by atoms with van der Waals surface area (Å²) in [5.74, 6) is 0. The van der Waals surface area contributed by atoms with Crippen LogP contribution in [-0.2, 0) is 0 Å². The predicted octanol–water partition coefficient (Wildman–Crippen LogP) is 4.30. The predicted molar refractivity (Wildman–Crippen MR) is 86.7 cm³/mol. The molecular formula is C17H10N4S. The van der Waals surface area contributed by atoms with Gasteiger partial charge in [-0.3, -0.25) is 0 Å². The summed E-state index contributed by atoms with van der Waals surface area (Å²) in [6.07, 6.45) is 0. The first kappa shape index (κ1) is 13.8. The molecule has 0 amide bonds. The van der Waals surface area contributed by atoms with Crippen molar-refractivity contribution in [2.45, 2.75) is 0 Å². The molecule has 22 heavy (non-hydrogen) atoms. The van der Waals surface area contributed by atoms with Gasteiger partial charge in [-0.2, -0.15) is 10.5 Å². The summed E-state index contributed by atoms with van der Waals surface area (Å²) in [7, 11) is 0. The highest BCUT2D eigenvalue weighted by Crippen LogP contribution is 2.27. The SMILES string of the molecule is N#Cc1ccc(-c2csc(Nc3cccc(C#N)c3)n2)cc1. The van der Waals surface area contributed by atoms with Crippen LogP contribution in [0.15, 0.2) is 53.9 Å². The minimum Gasteiger partial charge on any atom is -0.331 e. The molecule has 0 bridgehead atoms. The number of nitrogens with zero attached hydrogens (tertiary/aromatic N) is 3. The Morgan fingerprint density at radius 1 is 0.955 bits per heavy atom. The van der Waals surface area contributed by atoms with Crippen LogP contribution in [0.25, 0.3) is 11.3 Å². The third-order valence-corrected chi connectivity index (χ3v) is 3.81. The van der Waals surface area contributed by atoms with Crippen LogP contribution >= 0.6 is 11.3 Å². The molecule has 0 aliphatic heterocycles. The Balaban J connectivity index is 1.81. The molecule has 0 spiro atoms. The Labute approximate surface area is 131 Å². The summed E-state index contributed by atoms with van der Waals surface area (Å²) in [5, 5.41) is 23.6. The average Bonchev–Trinajstić information content (AvgIpc) is 3.03. The van der Waals surface area contributed by atoms with E-state index in [0.717, 1.165) is 22.1 Å². The number of nitrogens with one attached hydrogen (secondary N) is 1. The van der Waals surface area contributed by atoms with Gasteiger partial charge in [0.15, 0.2) is 5.13 Å². The molecular weight excluding hydrogens is 292 g/mol. The lowest BCUT2D eigenvalue weighted by molar-refractivity contribution is 1.38. The van der Waals surface area contributed by atoms with Gasteiger partial charge in [0.05, 0.1) is 29.0 Å². The van der Waals surface area contributed by atoms with E-state index in [1.807, 2.05) is 29.6 Å². The van der Waals surface area contributed by atoms with Crippen LogP contribution in [0, 0.1) is 22.7 Å². The number of nitriles is 2. The molecule has 0 radical (unpaired) electrons. The van der Waals surface area contributed by atoms with Crippen molar-refractivity contribution in [2.75, 3.05) is 5.32 Å². The highest BCUT2D eigenvalue weighted by atomic mass is 32.1. The molecule has 0 aliphatic rings. The maximum atomic E-state index is 8.91. The zero-order valence-electron chi connectivity index (χ0n) is 11.4. The van der Waals surface area contributed by atoms with Crippen LogP contribution in [-0.4, -0.2) is 4.98 Å². The minimum absolute atomic E-state index is 0.605. The molecule has 0 atom stereocenters. The molecule has 1 heterocycles. The number of hydrogen-bond donors (Lipinski definition) is 1. The van der Waals surface area contributed by atoms with Crippen molar-refractivity contribution in [3.63, 3.8) is 0 Å². The van der Waals surface area contributed by atoms with E-state index in [1.165, 1.54) is 11.3 Å². The normalized spacial score (nSPS) is 9.73. The van der Waals surface area contributed by atoms with Gasteiger partial charge in [-0.1, -0.05) is 18.2 Å². The maximum absolute atomic E-state index is 8.91. The number of anilines is 2. The Hall–Kier alpha value is -3.15. The van der Waals surface area contributed by atoms with Crippen molar-refractivity contribution >= 4 is 22.2 Å². The van der Waals surface area contributed by atoms with Crippen LogP contribution in [0.4, 0.5) is 10.8 Å². The number of benzene rings is 2. The Kier molecular flexibility index (Phi) is 3.82. The molecule has 0 fully saturated rings. The van der Waals surface area contributed by atoms with Crippen LogP contribution in [0.1, 0.15) is 11.1 Å². The lowest BCUT2D eigenvalue weighted by atomic mass is 10.1. The van der Waals surface area contributed by atoms with Gasteiger partial charge in [-0.15, -0.1) is 11.3 Å². The van der Waals surface area contributed by atoms with Crippen LogP contribution in [0.5, 0.6) is 0 Å². The highest BCUT2D eigenvalue weighted by Gasteiger charge is 2.05. The van der Waals surface area contributed by atoms with E-state index in [0.29, 0.717) is 11.1 Å². The van der Waals surface area contributed by atoms with E-state index in [4.69, 9.17) is 10.5 Å². The van der Waals surface area contributed by atoms with E-state index >= 15 is 0 Å². The molecule has 3 rings (SSSR count). The fraction of sp³-hybridized carbons (Fsp3) is 0. The molecule has 0 saturated heterocycles. The lowest BCUT2D eigenvalue weighted by Gasteiger charge is -2.02. The molecule has 2 aromatic carbocycles. The molecule has 0 saturated carbocycles. The van der Waals surface area contributed by atoms with Gasteiger partial charge < -0.3 is 5.32 Å². The van der Waals surface area contributed by atoms with Gasteiger partial charge in [0.1, 0.15) is 0 Å². The van der Waals surface area contributed by atoms with E-state index in [2.05, 4.69) is 22.4 Å². The van der Waals surface area contributed by atoms with E-state index in [-0.39, 0.29) is 0 Å². The van der Waals surface area contributed by atoms with Gasteiger partial charge in [0, 0.05) is 16.6 Å². The molecule has 5 heteroatoms. The lowest BCUT2D eigenvalue weighted by Crippen LogP contribution is -1.90. The smallest absolute Gasteiger partial charge is 0.187 e. The van der Waals surface area contributed by atoms with Gasteiger partial charge in [0.25, 0.3) is 0 Å². The summed E-state index contributed by atoms with van der Waals surface area (Å²) in [6.45, 7) is 0. The zero-order chi connectivity index (χ0) is 15.4. The van der Waals surface area contributed by atoms with Crippen molar-refractivity contribution in [3.05, 3.63) is 65.0 Å². The van der Waals surface area contributed by atoms with Gasteiger partial charge in [-0.05, 0) is 30.3 Å². The Bertz CT molecular complexity index is 882. The first-order chi connectivity index (χ1) is 10.8. The molecule has 104 valence electrons. The largest absolute Gasteiger partial charge is 0.331 e. The fourth-order valence-corrected chi connectivity index (χ4v) is 2.71. The topological polar surface area (TPSA) is 72.5 Å². The summed E-state index contributed by atoms with van der Waals surface area (Å²) in [5.41, 5.74) is 3.89. The van der Waals surface area contributed by atoms with E-state index < -0.39 is 0 Å². The third kappa shape index (κ3) is 2.95. The van der Waals surface area contributed by atoms with Crippen molar-refractivity contribution in [1.82, 2.24) is 4.98 Å². The fourth-order valence-electron chi connectivity index (χ4n) is 1.97. The van der Waals surface area contributed by atoms with Gasteiger partial charge >= 0.3 is 0 Å². The first-order valence-electron chi connectivity index (χ1n) is 6.52. The van der Waals surface area contributed by atoms with Crippen LogP contribution in [0.2, 0.25) is 0 Å². The zero-order valence-corrected chi connectivity index (χ0v) is 12.3. The second-order valence-electron chi connectivity index (χ2n) is 4.54. The number of thiazole rings is 1. The Morgan fingerprint density at radius 2 is 1.73 bits per heavy atom. The van der Waals surface area contributed by atoms with Crippen LogP contribution < -0.4 is 5.32 Å². The molecule has 1 aromatic heterocycles. The van der Waals surface area contributed by atoms with Crippen molar-refractivity contribution < 1.29 is 0 Å². The summed E-state index contributed by atoms with van der Waals surface area (Å²) < 4.78 is 0. The van der Waals surface area contributed by atoms with Crippen LogP contribution in [0.3, 0.4) is 0 Å². The minimum atomic E-state index is 0.605. The second-order valence-corrected chi connectivity index (χ2v) is 5.40. The Morgan fingerprint density at radius 3 is 2.45 bits per heavy atom. The number of rotatable bonds is 3. The van der Waals surface area contributed by atoms with Crippen molar-refractivity contribution in [2.24, 2.45) is 0 Å². The molecule has 0 aliphatic carbocycles. The maximum Gasteiger partial charge on any atom is 0.187 e. The van der Waals surface area contributed by atoms with Gasteiger partial charge in [0.2, 0.25) is 0 Å². The average molecular weight is 302 g/mol. The summed E-state index contributed by atoms with van der Waals surface area (Å²) >= 11 is 1.49. The van der Waals surface area contributed by atoms with E-state index in [1.54, 1.807) is 24.3 Å². The van der Waals surface area contributed by atoms with Gasteiger partial charge in [-0.25, -0.2) is 4.98 Å². The van der Waals surface area contributed by atoms with Crippen molar-refractivity contribution in [1.29, 1.82) is 10.5 Å². The quantitative estimate of drug-likeness (QED) is 0.783. The summed E-state index contributed by atoms with van der Waals surface area (Å²) in [4.78, 5) is 4.53. The number of hydrogen-bond acceptors (Lipinski definition) is 5. The first-order valence-corrected chi connectivity index (χ1v) is 7.40. The molecule has 4 nitrogen and oxygen atoms in total.